The van der Waals surface area contributed by atoms with Crippen LogP contribution in [0.4, 0.5) is 0 Å². The second-order valence-electron chi connectivity index (χ2n) is 12.4. The van der Waals surface area contributed by atoms with E-state index in [9.17, 15) is 15.0 Å². The Kier molecular flexibility index (Phi) is 6.14. The Morgan fingerprint density at radius 1 is 1.00 bits per heavy atom. The van der Waals surface area contributed by atoms with Crippen LogP contribution in [0, 0.1) is 46.3 Å². The maximum absolute atomic E-state index is 12.5. The van der Waals surface area contributed by atoms with Gasteiger partial charge in [-0.05, 0) is 110 Å². The van der Waals surface area contributed by atoms with Crippen LogP contribution in [-0.2, 0) is 4.74 Å². The summed E-state index contributed by atoms with van der Waals surface area (Å²) in [7, 11) is 0. The first-order valence-electron chi connectivity index (χ1n) is 13.3. The smallest absolute Gasteiger partial charge is 0.338 e. The first kappa shape index (κ1) is 23.4. The molecule has 0 amide bonds. The van der Waals surface area contributed by atoms with Crippen LogP contribution >= 0.6 is 0 Å². The highest BCUT2D eigenvalue weighted by atomic mass is 16.5. The number of benzene rings is 1. The molecule has 2 N–H and O–H groups in total. The molecule has 0 spiro atoms. The first-order valence-corrected chi connectivity index (χ1v) is 13.3. The Bertz CT molecular complexity index is 854. The molecule has 4 saturated carbocycles. The molecular formula is C29H42O4. The number of hydrogen-bond acceptors (Lipinski definition) is 4. The third-order valence-electron chi connectivity index (χ3n) is 10.9. The van der Waals surface area contributed by atoms with E-state index in [1.165, 1.54) is 25.7 Å². The fraction of sp³-hybridized carbons (Fsp3) is 0.759. The van der Waals surface area contributed by atoms with Crippen molar-refractivity contribution in [2.45, 2.75) is 84.3 Å². The quantitative estimate of drug-likeness (QED) is 0.592. The van der Waals surface area contributed by atoms with Crippen LogP contribution in [0.25, 0.3) is 0 Å². The van der Waals surface area contributed by atoms with Crippen molar-refractivity contribution in [3.05, 3.63) is 35.9 Å². The summed E-state index contributed by atoms with van der Waals surface area (Å²) in [6.07, 6.45) is 8.06. The molecule has 5 unspecified atom stereocenters. The lowest BCUT2D eigenvalue weighted by Crippen LogP contribution is -2.58. The number of rotatable bonds is 4. The van der Waals surface area contributed by atoms with Crippen molar-refractivity contribution in [2.24, 2.45) is 46.3 Å². The predicted molar refractivity (Wildman–Crippen MR) is 129 cm³/mol. The molecule has 0 bridgehead atoms. The average Bonchev–Trinajstić information content (AvgIpc) is 3.16. The van der Waals surface area contributed by atoms with Crippen molar-refractivity contribution in [3.8, 4) is 0 Å². The van der Waals surface area contributed by atoms with E-state index in [-0.39, 0.29) is 29.0 Å². The van der Waals surface area contributed by atoms with Crippen molar-refractivity contribution in [3.63, 3.8) is 0 Å². The van der Waals surface area contributed by atoms with Crippen LogP contribution in [0.1, 0.15) is 82.5 Å². The van der Waals surface area contributed by atoms with E-state index in [0.29, 0.717) is 47.7 Å². The van der Waals surface area contributed by atoms with Gasteiger partial charge in [0.25, 0.3) is 0 Å². The number of ether oxygens (including phenoxy) is 1. The van der Waals surface area contributed by atoms with Crippen molar-refractivity contribution in [1.29, 1.82) is 0 Å². The Hall–Kier alpha value is -1.39. The van der Waals surface area contributed by atoms with E-state index in [1.807, 2.05) is 30.3 Å². The van der Waals surface area contributed by atoms with Gasteiger partial charge in [0.05, 0.1) is 24.4 Å². The van der Waals surface area contributed by atoms with Crippen LogP contribution in [0.3, 0.4) is 0 Å². The van der Waals surface area contributed by atoms with Gasteiger partial charge >= 0.3 is 5.97 Å². The number of esters is 1. The Morgan fingerprint density at radius 3 is 2.45 bits per heavy atom. The molecule has 4 heteroatoms. The molecule has 4 aliphatic carbocycles. The molecule has 4 fully saturated rings. The van der Waals surface area contributed by atoms with Gasteiger partial charge in [0.15, 0.2) is 0 Å². The van der Waals surface area contributed by atoms with E-state index in [0.717, 1.165) is 25.7 Å². The molecule has 33 heavy (non-hydrogen) atoms. The van der Waals surface area contributed by atoms with Gasteiger partial charge in [0, 0.05) is 0 Å². The summed E-state index contributed by atoms with van der Waals surface area (Å²) < 4.78 is 5.74. The highest BCUT2D eigenvalue weighted by Crippen LogP contribution is 2.68. The predicted octanol–water partition coefficient (Wildman–Crippen LogP) is 5.47. The number of fused-ring (bicyclic) bond motifs is 5. The van der Waals surface area contributed by atoms with E-state index in [4.69, 9.17) is 4.74 Å². The van der Waals surface area contributed by atoms with Gasteiger partial charge in [-0.1, -0.05) is 39.0 Å². The Labute approximate surface area is 199 Å². The molecule has 5 rings (SSSR count). The van der Waals surface area contributed by atoms with Crippen LogP contribution in [-0.4, -0.2) is 35.0 Å². The summed E-state index contributed by atoms with van der Waals surface area (Å²) in [5.41, 5.74) is 1.09. The van der Waals surface area contributed by atoms with Gasteiger partial charge in [-0.25, -0.2) is 4.79 Å². The number of carbonyl (C=O) groups is 1. The standard InChI is InChI=1S/C29H42O4/c1-18(17-33-27(32)19-7-5-4-6-8-19)22-9-10-23-26-24(12-14-29(22,23)3)28(2)13-11-21(30)15-20(28)16-25(26)31/h4-8,18,20-26,30-31H,9-17H2,1-3H3/t18-,20?,21-,22-,23?,24?,25?,26?,28+,29-/m1/s1. The zero-order valence-electron chi connectivity index (χ0n) is 20.6. The molecule has 0 radical (unpaired) electrons. The van der Waals surface area contributed by atoms with Gasteiger partial charge in [-0.3, -0.25) is 0 Å². The number of hydrogen-bond donors (Lipinski definition) is 2. The van der Waals surface area contributed by atoms with Crippen molar-refractivity contribution < 1.29 is 19.7 Å². The van der Waals surface area contributed by atoms with Crippen LogP contribution < -0.4 is 0 Å². The zero-order valence-corrected chi connectivity index (χ0v) is 20.6. The normalized spacial score (nSPS) is 45.4. The summed E-state index contributed by atoms with van der Waals surface area (Å²) in [6, 6.07) is 9.27. The lowest BCUT2D eigenvalue weighted by molar-refractivity contribution is -0.174. The number of aliphatic hydroxyl groups excluding tert-OH is 2. The minimum Gasteiger partial charge on any atom is -0.462 e. The lowest BCUT2D eigenvalue weighted by Gasteiger charge is -2.62. The van der Waals surface area contributed by atoms with E-state index >= 15 is 0 Å². The third kappa shape index (κ3) is 3.86. The lowest BCUT2D eigenvalue weighted by atomic mass is 9.43. The van der Waals surface area contributed by atoms with Crippen molar-refractivity contribution in [2.75, 3.05) is 6.61 Å². The van der Waals surface area contributed by atoms with E-state index in [2.05, 4.69) is 20.8 Å². The first-order chi connectivity index (χ1) is 15.7. The minimum absolute atomic E-state index is 0.184. The van der Waals surface area contributed by atoms with Gasteiger partial charge in [0.2, 0.25) is 0 Å². The zero-order chi connectivity index (χ0) is 23.4. The Balaban J connectivity index is 1.29. The second-order valence-corrected chi connectivity index (χ2v) is 12.4. The average molecular weight is 455 g/mol. The van der Waals surface area contributed by atoms with Gasteiger partial charge in [-0.2, -0.15) is 0 Å². The molecule has 182 valence electrons. The number of aliphatic hydroxyl groups is 2. The summed E-state index contributed by atoms with van der Waals surface area (Å²) in [6.45, 7) is 7.65. The molecule has 1 aromatic rings. The van der Waals surface area contributed by atoms with Gasteiger partial charge in [0.1, 0.15) is 0 Å². The third-order valence-corrected chi connectivity index (χ3v) is 10.9. The maximum atomic E-state index is 12.5. The van der Waals surface area contributed by atoms with Crippen LogP contribution in [0.2, 0.25) is 0 Å². The van der Waals surface area contributed by atoms with Gasteiger partial charge < -0.3 is 14.9 Å². The molecular weight excluding hydrogens is 412 g/mol. The highest BCUT2D eigenvalue weighted by Gasteiger charge is 2.62. The molecule has 1 aromatic carbocycles. The van der Waals surface area contributed by atoms with Crippen LogP contribution in [0.15, 0.2) is 30.3 Å². The molecule has 4 nitrogen and oxygen atoms in total. The van der Waals surface area contributed by atoms with Crippen molar-refractivity contribution in [1.82, 2.24) is 0 Å². The number of carbonyl (C=O) groups excluding carboxylic acids is 1. The molecule has 0 aliphatic heterocycles. The summed E-state index contributed by atoms with van der Waals surface area (Å²) in [5.74, 6) is 2.57. The highest BCUT2D eigenvalue weighted by molar-refractivity contribution is 5.89. The second kappa shape index (κ2) is 8.68. The fourth-order valence-corrected chi connectivity index (χ4v) is 9.16. The monoisotopic (exact) mass is 454 g/mol. The van der Waals surface area contributed by atoms with E-state index in [1.54, 1.807) is 0 Å². The topological polar surface area (TPSA) is 66.8 Å². The molecule has 0 aromatic heterocycles. The van der Waals surface area contributed by atoms with E-state index < -0.39 is 0 Å². The SMILES string of the molecule is C[C@H](COC(=O)c1ccccc1)[C@H]1CCC2C3C(O)CC4C[C@H](O)CC[C@]4(C)C3CC[C@@]21C. The van der Waals surface area contributed by atoms with Gasteiger partial charge in [-0.15, -0.1) is 0 Å². The Morgan fingerprint density at radius 2 is 1.70 bits per heavy atom. The molecule has 10 atom stereocenters. The maximum Gasteiger partial charge on any atom is 0.338 e. The summed E-state index contributed by atoms with van der Waals surface area (Å²) >= 11 is 0. The summed E-state index contributed by atoms with van der Waals surface area (Å²) in [4.78, 5) is 12.5. The molecule has 0 saturated heterocycles. The molecule has 0 heterocycles. The van der Waals surface area contributed by atoms with Crippen molar-refractivity contribution >= 4 is 5.97 Å². The fourth-order valence-electron chi connectivity index (χ4n) is 9.16. The van der Waals surface area contributed by atoms with Crippen LogP contribution in [0.5, 0.6) is 0 Å². The minimum atomic E-state index is -0.243. The largest absolute Gasteiger partial charge is 0.462 e. The molecule has 4 aliphatic rings. The summed E-state index contributed by atoms with van der Waals surface area (Å²) in [5, 5.41) is 21.7.